The van der Waals surface area contributed by atoms with Crippen molar-refractivity contribution in [3.05, 3.63) is 40.8 Å². The van der Waals surface area contributed by atoms with E-state index in [0.29, 0.717) is 36.3 Å². The maximum absolute atomic E-state index is 13.8. The summed E-state index contributed by atoms with van der Waals surface area (Å²) in [5.74, 6) is -1.50. The van der Waals surface area contributed by atoms with E-state index in [1.54, 1.807) is 4.90 Å². The number of methoxy groups -OCH3 is 1. The van der Waals surface area contributed by atoms with E-state index in [0.717, 1.165) is 19.2 Å². The highest BCUT2D eigenvalue weighted by atomic mass is 35.5. The van der Waals surface area contributed by atoms with E-state index in [1.165, 1.54) is 19.2 Å². The first-order valence-corrected chi connectivity index (χ1v) is 10.2. The van der Waals surface area contributed by atoms with Crippen LogP contribution in [0.3, 0.4) is 0 Å². The van der Waals surface area contributed by atoms with Crippen molar-refractivity contribution in [2.24, 2.45) is 5.73 Å². The summed E-state index contributed by atoms with van der Waals surface area (Å²) >= 11 is 5.96. The number of nitrogens with two attached hydrogens (primary N) is 1. The predicted octanol–water partition coefficient (Wildman–Crippen LogP) is 4.16. The first-order chi connectivity index (χ1) is 14.8. The number of nitrogens with zero attached hydrogens (tertiary/aromatic N) is 2. The Morgan fingerprint density at radius 2 is 2.09 bits per heavy atom. The van der Waals surface area contributed by atoms with Crippen LogP contribution < -0.4 is 20.7 Å². The molecule has 0 bridgehead atoms. The van der Waals surface area contributed by atoms with Gasteiger partial charge < -0.3 is 20.7 Å². The number of halogens is 5. The van der Waals surface area contributed by atoms with Gasteiger partial charge in [0.2, 0.25) is 5.88 Å². The van der Waals surface area contributed by atoms with E-state index < -0.39 is 29.5 Å². The van der Waals surface area contributed by atoms with Gasteiger partial charge in [-0.2, -0.15) is 13.2 Å². The number of pyridine rings is 1. The monoisotopic (exact) mass is 474 g/mol. The van der Waals surface area contributed by atoms with Crippen LogP contribution in [-0.4, -0.2) is 48.8 Å². The summed E-state index contributed by atoms with van der Waals surface area (Å²) in [6.45, 7) is 3.46. The van der Waals surface area contributed by atoms with E-state index in [-0.39, 0.29) is 16.5 Å². The Kier molecular flexibility index (Phi) is 6.57. The van der Waals surface area contributed by atoms with E-state index in [9.17, 15) is 22.4 Å². The topological polar surface area (TPSA) is 80.5 Å². The van der Waals surface area contributed by atoms with Crippen LogP contribution in [0.5, 0.6) is 5.88 Å². The third kappa shape index (κ3) is 4.91. The van der Waals surface area contributed by atoms with Crippen molar-refractivity contribution in [3.8, 4) is 17.0 Å². The second-order valence-electron chi connectivity index (χ2n) is 8.10. The first-order valence-electron chi connectivity index (χ1n) is 9.78. The van der Waals surface area contributed by atoms with Gasteiger partial charge in [-0.15, -0.1) is 0 Å². The van der Waals surface area contributed by atoms with Gasteiger partial charge in [0.15, 0.2) is 0 Å². The number of benzene rings is 1. The maximum atomic E-state index is 13.8. The first kappa shape index (κ1) is 24.1. The number of hydrogen-bond acceptors (Lipinski definition) is 5. The lowest BCUT2D eigenvalue weighted by Crippen LogP contribution is -2.44. The van der Waals surface area contributed by atoms with Gasteiger partial charge in [0.1, 0.15) is 11.9 Å². The average molecular weight is 475 g/mol. The number of carbonyl (C=O) groups is 1. The molecule has 0 aliphatic carbocycles. The number of rotatable bonds is 5. The van der Waals surface area contributed by atoms with Crippen LogP contribution in [0.1, 0.15) is 30.6 Å². The normalized spacial score (nSPS) is 19.7. The molecule has 1 amide bonds. The highest BCUT2D eigenvalue weighted by Gasteiger charge is 2.39. The molecule has 11 heteroatoms. The number of anilines is 1. The summed E-state index contributed by atoms with van der Waals surface area (Å²) < 4.78 is 58.3. The molecule has 1 aromatic heterocycles. The van der Waals surface area contributed by atoms with Crippen LogP contribution in [0.4, 0.5) is 23.2 Å². The Labute approximate surface area is 187 Å². The van der Waals surface area contributed by atoms with Gasteiger partial charge in [-0.25, -0.2) is 9.37 Å². The molecule has 1 aliphatic rings. The molecule has 0 radical (unpaired) electrons. The van der Waals surface area contributed by atoms with Crippen LogP contribution in [0.25, 0.3) is 11.1 Å². The number of ether oxygens (including phenoxy) is 1. The molecular weight excluding hydrogens is 452 g/mol. The SMILES string of the molecule is COc1ncc(C(=O)N[C@@H](C)C(F)(F)F)c(N2CC[C@](C)(N)C2)c1-c1ccc(F)c(Cl)c1. The Hall–Kier alpha value is -2.59. The second kappa shape index (κ2) is 8.74. The summed E-state index contributed by atoms with van der Waals surface area (Å²) in [5, 5.41) is 1.80. The lowest BCUT2D eigenvalue weighted by Gasteiger charge is -2.28. The third-order valence-corrected chi connectivity index (χ3v) is 5.61. The Morgan fingerprint density at radius 1 is 1.41 bits per heavy atom. The molecule has 174 valence electrons. The van der Waals surface area contributed by atoms with Crippen molar-refractivity contribution in [3.63, 3.8) is 0 Å². The summed E-state index contributed by atoms with van der Waals surface area (Å²) in [7, 11) is 1.36. The number of carbonyl (C=O) groups excluding carboxylic acids is 1. The van der Waals surface area contributed by atoms with Crippen molar-refractivity contribution in [1.29, 1.82) is 0 Å². The molecule has 1 saturated heterocycles. The summed E-state index contributed by atoms with van der Waals surface area (Å²) in [6, 6.07) is 1.85. The molecule has 3 N–H and O–H groups in total. The lowest BCUT2D eigenvalue weighted by molar-refractivity contribution is -0.149. The van der Waals surface area contributed by atoms with E-state index in [4.69, 9.17) is 22.1 Å². The quantitative estimate of drug-likeness (QED) is 0.636. The molecule has 0 unspecified atom stereocenters. The molecule has 2 aromatic rings. The van der Waals surface area contributed by atoms with Gasteiger partial charge in [-0.3, -0.25) is 4.79 Å². The number of alkyl halides is 3. The minimum Gasteiger partial charge on any atom is -0.480 e. The molecule has 2 atom stereocenters. The van der Waals surface area contributed by atoms with Crippen molar-refractivity contribution in [2.45, 2.75) is 38.0 Å². The zero-order chi connectivity index (χ0) is 23.8. The van der Waals surface area contributed by atoms with Gasteiger partial charge in [0.05, 0.1) is 28.9 Å². The smallest absolute Gasteiger partial charge is 0.408 e. The minimum absolute atomic E-state index is 0.0879. The fraction of sp³-hybridized carbons (Fsp3) is 0.429. The van der Waals surface area contributed by atoms with Crippen LogP contribution >= 0.6 is 11.6 Å². The van der Waals surface area contributed by atoms with Crippen LogP contribution in [0, 0.1) is 5.82 Å². The van der Waals surface area contributed by atoms with E-state index in [1.807, 2.05) is 12.2 Å². The summed E-state index contributed by atoms with van der Waals surface area (Å²) in [4.78, 5) is 18.8. The zero-order valence-corrected chi connectivity index (χ0v) is 18.4. The molecule has 1 aliphatic heterocycles. The second-order valence-corrected chi connectivity index (χ2v) is 8.50. The van der Waals surface area contributed by atoms with Gasteiger partial charge in [-0.05, 0) is 38.0 Å². The molecular formula is C21H23ClF4N4O2. The summed E-state index contributed by atoms with van der Waals surface area (Å²) in [5.41, 5.74) is 6.58. The molecule has 0 saturated carbocycles. The molecule has 0 spiro atoms. The fourth-order valence-corrected chi connectivity index (χ4v) is 3.76. The molecule has 1 aromatic carbocycles. The molecule has 6 nitrogen and oxygen atoms in total. The van der Waals surface area contributed by atoms with Crippen LogP contribution in [0.15, 0.2) is 24.4 Å². The Bertz CT molecular complexity index is 1030. The minimum atomic E-state index is -4.62. The zero-order valence-electron chi connectivity index (χ0n) is 17.7. The number of aromatic nitrogens is 1. The van der Waals surface area contributed by atoms with Crippen molar-refractivity contribution >= 4 is 23.2 Å². The van der Waals surface area contributed by atoms with Crippen molar-refractivity contribution < 1.29 is 27.1 Å². The molecule has 3 rings (SSSR count). The van der Waals surface area contributed by atoms with Gasteiger partial charge in [0, 0.05) is 24.8 Å². The van der Waals surface area contributed by atoms with Crippen molar-refractivity contribution in [1.82, 2.24) is 10.3 Å². The highest BCUT2D eigenvalue weighted by molar-refractivity contribution is 6.31. The predicted molar refractivity (Wildman–Crippen MR) is 114 cm³/mol. The number of nitrogens with one attached hydrogen (secondary N) is 1. The van der Waals surface area contributed by atoms with E-state index in [2.05, 4.69) is 4.98 Å². The van der Waals surface area contributed by atoms with Gasteiger partial charge in [-0.1, -0.05) is 17.7 Å². The van der Waals surface area contributed by atoms with Crippen LogP contribution in [-0.2, 0) is 0 Å². The van der Waals surface area contributed by atoms with Gasteiger partial charge >= 0.3 is 6.18 Å². The number of hydrogen-bond donors (Lipinski definition) is 2. The molecule has 32 heavy (non-hydrogen) atoms. The fourth-order valence-electron chi connectivity index (χ4n) is 3.58. The van der Waals surface area contributed by atoms with Gasteiger partial charge in [0.25, 0.3) is 5.91 Å². The Balaban J connectivity index is 2.21. The van der Waals surface area contributed by atoms with E-state index >= 15 is 0 Å². The highest BCUT2D eigenvalue weighted by Crippen LogP contribution is 2.43. The standard InChI is InChI=1S/C21H23ClF4N4O2/c1-11(21(24,25)26)29-18(31)13-9-28-19(32-3)16(12-4-5-15(23)14(22)8-12)17(13)30-7-6-20(2,27)10-30/h4-5,8-9,11H,6-7,10,27H2,1-3H3,(H,29,31)/t11-,20-/m0/s1. The lowest BCUT2D eigenvalue weighted by atomic mass is 10.00. The molecule has 2 heterocycles. The van der Waals surface area contributed by atoms with Crippen molar-refractivity contribution in [2.75, 3.05) is 25.1 Å². The maximum Gasteiger partial charge on any atom is 0.408 e. The van der Waals surface area contributed by atoms with Crippen LogP contribution in [0.2, 0.25) is 5.02 Å². The molecule has 1 fully saturated rings. The number of amides is 1. The average Bonchev–Trinajstić information content (AvgIpc) is 3.07. The Morgan fingerprint density at radius 3 is 2.62 bits per heavy atom. The summed E-state index contributed by atoms with van der Waals surface area (Å²) in [6.07, 6.45) is -2.87. The largest absolute Gasteiger partial charge is 0.480 e. The third-order valence-electron chi connectivity index (χ3n) is 5.32.